The summed E-state index contributed by atoms with van der Waals surface area (Å²) in [5, 5.41) is 3.47. The summed E-state index contributed by atoms with van der Waals surface area (Å²) >= 11 is 0. The van der Waals surface area contributed by atoms with Crippen LogP contribution in [0.5, 0.6) is 5.75 Å². The zero-order chi connectivity index (χ0) is 18.0. The van der Waals surface area contributed by atoms with Gasteiger partial charge in [0.1, 0.15) is 11.9 Å². The smallest absolute Gasteiger partial charge is 0.193 e. The van der Waals surface area contributed by atoms with Crippen LogP contribution >= 0.6 is 24.0 Å². The van der Waals surface area contributed by atoms with Crippen molar-refractivity contribution in [2.45, 2.75) is 37.9 Å². The van der Waals surface area contributed by atoms with Gasteiger partial charge in [0.25, 0.3) is 0 Å². The molecule has 0 saturated carbocycles. The highest BCUT2D eigenvalue weighted by molar-refractivity contribution is 14.0. The molecule has 0 bridgehead atoms. The van der Waals surface area contributed by atoms with E-state index in [1.807, 2.05) is 37.4 Å². The zero-order valence-corrected chi connectivity index (χ0v) is 18.5. The van der Waals surface area contributed by atoms with Crippen molar-refractivity contribution < 1.29 is 14.2 Å². The number of rotatable bonds is 7. The highest BCUT2D eigenvalue weighted by Gasteiger charge is 2.32. The SMILES string of the molecule is CN=C(NCCCCOc1ccccc1)N1CCOC(C2CCCO2)C1.I. The Labute approximate surface area is 179 Å². The minimum Gasteiger partial charge on any atom is -0.494 e. The van der Waals surface area contributed by atoms with Crippen molar-refractivity contribution >= 4 is 29.9 Å². The standard InChI is InChI=1S/C20H31N3O3.HI/c1-21-20(22-11-5-6-13-24-17-8-3-2-4-9-17)23-12-15-26-19(16-23)18-10-7-14-25-18;/h2-4,8-9,18-19H,5-7,10-16H2,1H3,(H,21,22);1H. The van der Waals surface area contributed by atoms with Gasteiger partial charge < -0.3 is 24.4 Å². The molecule has 2 aliphatic heterocycles. The van der Waals surface area contributed by atoms with Gasteiger partial charge in [0, 0.05) is 33.3 Å². The third-order valence-corrected chi connectivity index (χ3v) is 4.85. The third-order valence-electron chi connectivity index (χ3n) is 4.85. The molecule has 152 valence electrons. The first-order chi connectivity index (χ1) is 12.9. The zero-order valence-electron chi connectivity index (χ0n) is 16.1. The van der Waals surface area contributed by atoms with E-state index in [1.165, 1.54) is 0 Å². The van der Waals surface area contributed by atoms with Gasteiger partial charge in [-0.2, -0.15) is 0 Å². The van der Waals surface area contributed by atoms with E-state index < -0.39 is 0 Å². The molecule has 3 rings (SSSR count). The van der Waals surface area contributed by atoms with Crippen molar-refractivity contribution in [1.82, 2.24) is 10.2 Å². The van der Waals surface area contributed by atoms with E-state index >= 15 is 0 Å². The fraction of sp³-hybridized carbons (Fsp3) is 0.650. The second-order valence-corrected chi connectivity index (χ2v) is 6.75. The first-order valence-electron chi connectivity index (χ1n) is 9.73. The van der Waals surface area contributed by atoms with Crippen molar-refractivity contribution in [3.05, 3.63) is 30.3 Å². The van der Waals surface area contributed by atoms with Crippen LogP contribution in [-0.2, 0) is 9.47 Å². The number of ether oxygens (including phenoxy) is 3. The second-order valence-electron chi connectivity index (χ2n) is 6.75. The number of para-hydroxylation sites is 1. The number of morpholine rings is 1. The van der Waals surface area contributed by atoms with E-state index in [2.05, 4.69) is 15.2 Å². The Bertz CT molecular complexity index is 553. The number of hydrogen-bond acceptors (Lipinski definition) is 4. The fourth-order valence-electron chi connectivity index (χ4n) is 3.45. The molecule has 1 aromatic carbocycles. The summed E-state index contributed by atoms with van der Waals surface area (Å²) < 4.78 is 17.4. The first-order valence-corrected chi connectivity index (χ1v) is 9.73. The van der Waals surface area contributed by atoms with Gasteiger partial charge in [-0.1, -0.05) is 18.2 Å². The van der Waals surface area contributed by atoms with Crippen LogP contribution in [0.25, 0.3) is 0 Å². The largest absolute Gasteiger partial charge is 0.494 e. The topological polar surface area (TPSA) is 55.3 Å². The maximum Gasteiger partial charge on any atom is 0.193 e. The van der Waals surface area contributed by atoms with Crippen LogP contribution in [0.15, 0.2) is 35.3 Å². The maximum absolute atomic E-state index is 5.92. The molecule has 27 heavy (non-hydrogen) atoms. The van der Waals surface area contributed by atoms with Crippen LogP contribution in [0.4, 0.5) is 0 Å². The number of nitrogens with one attached hydrogen (secondary N) is 1. The molecular formula is C20H32IN3O3. The predicted octanol–water partition coefficient (Wildman–Crippen LogP) is 2.92. The van der Waals surface area contributed by atoms with Crippen LogP contribution < -0.4 is 10.1 Å². The Morgan fingerprint density at radius 1 is 1.19 bits per heavy atom. The van der Waals surface area contributed by atoms with Crippen LogP contribution in [-0.4, -0.2) is 69.6 Å². The van der Waals surface area contributed by atoms with E-state index in [9.17, 15) is 0 Å². The summed E-state index contributed by atoms with van der Waals surface area (Å²) in [6.45, 7) is 4.95. The van der Waals surface area contributed by atoms with E-state index in [0.29, 0.717) is 0 Å². The Morgan fingerprint density at radius 3 is 2.74 bits per heavy atom. The van der Waals surface area contributed by atoms with Gasteiger partial charge in [-0.25, -0.2) is 0 Å². The quantitative estimate of drug-likeness (QED) is 0.276. The molecule has 6 nitrogen and oxygen atoms in total. The van der Waals surface area contributed by atoms with Crippen molar-refractivity contribution in [3.8, 4) is 5.75 Å². The highest BCUT2D eigenvalue weighted by atomic mass is 127. The molecule has 0 radical (unpaired) electrons. The molecule has 2 atom stereocenters. The van der Waals surface area contributed by atoms with Crippen LogP contribution in [0.2, 0.25) is 0 Å². The van der Waals surface area contributed by atoms with Crippen molar-refractivity contribution in [2.75, 3.05) is 46.5 Å². The third kappa shape index (κ3) is 7.12. The van der Waals surface area contributed by atoms with Gasteiger partial charge >= 0.3 is 0 Å². The monoisotopic (exact) mass is 489 g/mol. The summed E-state index contributed by atoms with van der Waals surface area (Å²) in [5.74, 6) is 1.89. The summed E-state index contributed by atoms with van der Waals surface area (Å²) in [4.78, 5) is 6.73. The van der Waals surface area contributed by atoms with Gasteiger partial charge in [-0.3, -0.25) is 4.99 Å². The van der Waals surface area contributed by atoms with E-state index in [-0.39, 0.29) is 36.2 Å². The number of aliphatic imine (C=N–C) groups is 1. The molecule has 2 heterocycles. The molecule has 2 fully saturated rings. The second kappa shape index (κ2) is 12.4. The number of unbranched alkanes of at least 4 members (excludes halogenated alkanes) is 1. The average molecular weight is 489 g/mol. The number of nitrogens with zero attached hydrogens (tertiary/aromatic N) is 2. The molecule has 2 aliphatic rings. The number of halogens is 1. The summed E-state index contributed by atoms with van der Waals surface area (Å²) in [6.07, 6.45) is 4.70. The number of benzene rings is 1. The minimum atomic E-state index is 0. The Balaban J connectivity index is 0.00000261. The lowest BCUT2D eigenvalue weighted by Gasteiger charge is -2.37. The molecule has 2 saturated heterocycles. The van der Waals surface area contributed by atoms with Crippen LogP contribution in [0.3, 0.4) is 0 Å². The van der Waals surface area contributed by atoms with Gasteiger partial charge in [-0.05, 0) is 37.8 Å². The molecule has 1 aromatic rings. The predicted molar refractivity (Wildman–Crippen MR) is 118 cm³/mol. The number of hydrogen-bond donors (Lipinski definition) is 1. The lowest BCUT2D eigenvalue weighted by molar-refractivity contribution is -0.0816. The summed E-state index contributed by atoms with van der Waals surface area (Å²) in [5.41, 5.74) is 0. The molecule has 0 aliphatic carbocycles. The average Bonchev–Trinajstić information content (AvgIpc) is 3.23. The first kappa shape index (κ1) is 22.2. The summed E-state index contributed by atoms with van der Waals surface area (Å²) in [6, 6.07) is 9.96. The Morgan fingerprint density at radius 2 is 2.00 bits per heavy atom. The van der Waals surface area contributed by atoms with Crippen molar-refractivity contribution in [3.63, 3.8) is 0 Å². The van der Waals surface area contributed by atoms with E-state index in [4.69, 9.17) is 14.2 Å². The van der Waals surface area contributed by atoms with Gasteiger partial charge in [0.15, 0.2) is 5.96 Å². The summed E-state index contributed by atoms with van der Waals surface area (Å²) in [7, 11) is 1.84. The molecule has 0 aromatic heterocycles. The minimum absolute atomic E-state index is 0. The molecule has 0 amide bonds. The fourth-order valence-corrected chi connectivity index (χ4v) is 3.45. The van der Waals surface area contributed by atoms with Crippen molar-refractivity contribution in [2.24, 2.45) is 4.99 Å². The molecular weight excluding hydrogens is 457 g/mol. The van der Waals surface area contributed by atoms with Gasteiger partial charge in [-0.15, -0.1) is 24.0 Å². The Kier molecular flexibility index (Phi) is 10.2. The van der Waals surface area contributed by atoms with Crippen LogP contribution in [0.1, 0.15) is 25.7 Å². The van der Waals surface area contributed by atoms with Gasteiger partial charge in [0.05, 0.1) is 19.3 Å². The lowest BCUT2D eigenvalue weighted by atomic mass is 10.1. The molecule has 1 N–H and O–H groups in total. The molecule has 7 heteroatoms. The molecule has 2 unspecified atom stereocenters. The van der Waals surface area contributed by atoms with Crippen LogP contribution in [0, 0.1) is 0 Å². The molecule has 0 spiro atoms. The van der Waals surface area contributed by atoms with Gasteiger partial charge in [0.2, 0.25) is 0 Å². The number of guanidine groups is 1. The maximum atomic E-state index is 5.92. The van der Waals surface area contributed by atoms with Crippen molar-refractivity contribution in [1.29, 1.82) is 0 Å². The van der Waals surface area contributed by atoms with E-state index in [0.717, 1.165) is 76.8 Å². The van der Waals surface area contributed by atoms with E-state index in [1.54, 1.807) is 0 Å². The highest BCUT2D eigenvalue weighted by Crippen LogP contribution is 2.21. The Hall–Kier alpha value is -1.06. The normalized spacial score (nSPS) is 23.0. The lowest BCUT2D eigenvalue weighted by Crippen LogP contribution is -2.53.